The molecule has 0 bridgehead atoms. The Balaban J connectivity index is 1.93. The number of hydrogen-bond acceptors (Lipinski definition) is 6. The van der Waals surface area contributed by atoms with E-state index in [-0.39, 0.29) is 15.7 Å². The Kier molecular flexibility index (Phi) is 6.97. The van der Waals surface area contributed by atoms with Crippen LogP contribution in [0.15, 0.2) is 16.3 Å². The van der Waals surface area contributed by atoms with Crippen LogP contribution in [0.2, 0.25) is 0 Å². The quantitative estimate of drug-likeness (QED) is 0.661. The van der Waals surface area contributed by atoms with Crippen LogP contribution in [-0.4, -0.2) is 65.2 Å². The average Bonchev–Trinajstić information content (AvgIpc) is 3.22. The molecule has 0 aromatic carbocycles. The van der Waals surface area contributed by atoms with E-state index in [4.69, 9.17) is 9.47 Å². The highest BCUT2D eigenvalue weighted by molar-refractivity contribution is 7.89. The molecule has 0 radical (unpaired) electrons. The van der Waals surface area contributed by atoms with Gasteiger partial charge in [-0.3, -0.25) is 4.79 Å². The van der Waals surface area contributed by atoms with Crippen molar-refractivity contribution in [3.05, 3.63) is 16.3 Å². The maximum absolute atomic E-state index is 12.6. The van der Waals surface area contributed by atoms with Crippen LogP contribution in [0.1, 0.15) is 22.5 Å². The lowest BCUT2D eigenvalue weighted by atomic mass is 10.4. The van der Waals surface area contributed by atoms with Gasteiger partial charge in [0, 0.05) is 26.7 Å². The lowest BCUT2D eigenvalue weighted by Crippen LogP contribution is -2.31. The Morgan fingerprint density at radius 2 is 2.04 bits per heavy atom. The van der Waals surface area contributed by atoms with E-state index in [2.05, 4.69) is 5.32 Å². The summed E-state index contributed by atoms with van der Waals surface area (Å²) in [4.78, 5) is 12.5. The van der Waals surface area contributed by atoms with Gasteiger partial charge >= 0.3 is 0 Å². The van der Waals surface area contributed by atoms with Crippen molar-refractivity contribution in [2.45, 2.75) is 17.7 Å². The van der Waals surface area contributed by atoms with Crippen molar-refractivity contribution in [3.63, 3.8) is 0 Å². The molecular formula is C14H22N2O5S2. The molecule has 2 rings (SSSR count). The van der Waals surface area contributed by atoms with Crippen molar-refractivity contribution in [2.24, 2.45) is 0 Å². The second-order valence-corrected chi connectivity index (χ2v) is 7.91. The minimum atomic E-state index is -3.58. The second kappa shape index (κ2) is 8.74. The van der Waals surface area contributed by atoms with Gasteiger partial charge in [0.05, 0.1) is 19.8 Å². The predicted molar refractivity (Wildman–Crippen MR) is 87.3 cm³/mol. The molecule has 0 saturated carbocycles. The van der Waals surface area contributed by atoms with Crippen LogP contribution in [-0.2, 0) is 19.5 Å². The molecule has 1 aliphatic rings. The van der Waals surface area contributed by atoms with Crippen LogP contribution in [0, 0.1) is 0 Å². The summed E-state index contributed by atoms with van der Waals surface area (Å²) in [5.41, 5.74) is 0. The van der Waals surface area contributed by atoms with Crippen LogP contribution < -0.4 is 5.32 Å². The van der Waals surface area contributed by atoms with Crippen molar-refractivity contribution in [1.82, 2.24) is 9.62 Å². The van der Waals surface area contributed by atoms with Crippen molar-refractivity contribution >= 4 is 27.3 Å². The molecule has 0 spiro atoms. The summed E-state index contributed by atoms with van der Waals surface area (Å²) < 4.78 is 36.7. The standard InChI is InChI=1S/C14H22N2O5S2/c1-20-9-10-21-8-5-15-14(17)13-12(4-11-22-13)23(18,19)16-6-2-3-7-16/h4,11H,2-3,5-10H2,1H3,(H,15,17). The molecule has 7 nitrogen and oxygen atoms in total. The first-order chi connectivity index (χ1) is 11.1. The fourth-order valence-electron chi connectivity index (χ4n) is 2.30. The topological polar surface area (TPSA) is 84.9 Å². The van der Waals surface area contributed by atoms with Crippen molar-refractivity contribution in [2.75, 3.05) is 46.6 Å². The van der Waals surface area contributed by atoms with E-state index < -0.39 is 10.0 Å². The predicted octanol–water partition coefficient (Wildman–Crippen LogP) is 0.925. The van der Waals surface area contributed by atoms with Crippen molar-refractivity contribution < 1.29 is 22.7 Å². The molecule has 130 valence electrons. The fourth-order valence-corrected chi connectivity index (χ4v) is 5.13. The number of thiophene rings is 1. The Labute approximate surface area is 140 Å². The molecule has 0 aliphatic carbocycles. The van der Waals surface area contributed by atoms with Gasteiger partial charge in [-0.2, -0.15) is 4.31 Å². The first-order valence-corrected chi connectivity index (χ1v) is 9.82. The van der Waals surface area contributed by atoms with Gasteiger partial charge in [0.25, 0.3) is 5.91 Å². The number of methoxy groups -OCH3 is 1. The molecule has 23 heavy (non-hydrogen) atoms. The highest BCUT2D eigenvalue weighted by Crippen LogP contribution is 2.27. The van der Waals surface area contributed by atoms with E-state index in [9.17, 15) is 13.2 Å². The number of rotatable bonds is 9. The van der Waals surface area contributed by atoms with Gasteiger partial charge in [0.1, 0.15) is 9.77 Å². The van der Waals surface area contributed by atoms with E-state index in [0.29, 0.717) is 39.5 Å². The first kappa shape index (κ1) is 18.3. The molecule has 1 N–H and O–H groups in total. The maximum atomic E-state index is 12.6. The van der Waals surface area contributed by atoms with Gasteiger partial charge in [-0.15, -0.1) is 11.3 Å². The zero-order valence-electron chi connectivity index (χ0n) is 13.1. The Morgan fingerprint density at radius 3 is 2.74 bits per heavy atom. The molecule has 2 heterocycles. The zero-order valence-corrected chi connectivity index (χ0v) is 14.7. The van der Waals surface area contributed by atoms with Crippen molar-refractivity contribution in [1.29, 1.82) is 0 Å². The summed E-state index contributed by atoms with van der Waals surface area (Å²) in [7, 11) is -1.99. The minimum Gasteiger partial charge on any atom is -0.382 e. The van der Waals surface area contributed by atoms with Gasteiger partial charge in [-0.25, -0.2) is 8.42 Å². The summed E-state index contributed by atoms with van der Waals surface area (Å²) in [6.45, 7) is 2.68. The molecule has 1 aromatic rings. The summed E-state index contributed by atoms with van der Waals surface area (Å²) >= 11 is 1.14. The highest BCUT2D eigenvalue weighted by Gasteiger charge is 2.31. The molecule has 0 atom stereocenters. The minimum absolute atomic E-state index is 0.0993. The summed E-state index contributed by atoms with van der Waals surface area (Å²) in [6, 6.07) is 1.50. The maximum Gasteiger partial charge on any atom is 0.262 e. The number of ether oxygens (including phenoxy) is 2. The van der Waals surface area contributed by atoms with Gasteiger partial charge in [-0.1, -0.05) is 0 Å². The second-order valence-electron chi connectivity index (χ2n) is 5.09. The van der Waals surface area contributed by atoms with E-state index in [0.717, 1.165) is 24.2 Å². The highest BCUT2D eigenvalue weighted by atomic mass is 32.2. The average molecular weight is 362 g/mol. The third-order valence-electron chi connectivity index (χ3n) is 3.48. The third kappa shape index (κ3) is 4.74. The molecule has 1 fully saturated rings. The summed E-state index contributed by atoms with van der Waals surface area (Å²) in [5, 5.41) is 4.32. The van der Waals surface area contributed by atoms with Crippen LogP contribution >= 0.6 is 11.3 Å². The van der Waals surface area contributed by atoms with Gasteiger partial charge in [0.2, 0.25) is 10.0 Å². The number of hydrogen-bond donors (Lipinski definition) is 1. The number of carbonyl (C=O) groups is 1. The molecule has 1 aromatic heterocycles. The molecule has 1 aliphatic heterocycles. The lowest BCUT2D eigenvalue weighted by molar-refractivity contribution is 0.0693. The fraction of sp³-hybridized carbons (Fsp3) is 0.643. The number of amides is 1. The zero-order chi connectivity index (χ0) is 16.7. The lowest BCUT2D eigenvalue weighted by Gasteiger charge is -2.15. The largest absolute Gasteiger partial charge is 0.382 e. The van der Waals surface area contributed by atoms with Gasteiger partial charge in [-0.05, 0) is 24.3 Å². The van der Waals surface area contributed by atoms with Crippen LogP contribution in [0.5, 0.6) is 0 Å². The van der Waals surface area contributed by atoms with Crippen LogP contribution in [0.25, 0.3) is 0 Å². The SMILES string of the molecule is COCCOCCNC(=O)c1sccc1S(=O)(=O)N1CCCC1. The van der Waals surface area contributed by atoms with Crippen molar-refractivity contribution in [3.8, 4) is 0 Å². The Morgan fingerprint density at radius 1 is 1.30 bits per heavy atom. The van der Waals surface area contributed by atoms with Gasteiger partial charge < -0.3 is 14.8 Å². The molecule has 9 heteroatoms. The van der Waals surface area contributed by atoms with Crippen LogP contribution in [0.3, 0.4) is 0 Å². The first-order valence-electron chi connectivity index (χ1n) is 7.50. The van der Waals surface area contributed by atoms with Gasteiger partial charge in [0.15, 0.2) is 0 Å². The summed E-state index contributed by atoms with van der Waals surface area (Å²) in [6.07, 6.45) is 1.73. The Bertz CT molecular complexity index is 608. The Hall–Kier alpha value is -1.00. The smallest absolute Gasteiger partial charge is 0.262 e. The van der Waals surface area contributed by atoms with Crippen LogP contribution in [0.4, 0.5) is 0 Å². The molecular weight excluding hydrogens is 340 g/mol. The van der Waals surface area contributed by atoms with E-state index in [1.54, 1.807) is 12.5 Å². The van der Waals surface area contributed by atoms with E-state index in [1.807, 2.05) is 0 Å². The van der Waals surface area contributed by atoms with E-state index >= 15 is 0 Å². The molecule has 0 unspecified atom stereocenters. The number of carbonyl (C=O) groups excluding carboxylic acids is 1. The molecule has 1 saturated heterocycles. The third-order valence-corrected chi connectivity index (χ3v) is 6.47. The monoisotopic (exact) mass is 362 g/mol. The number of nitrogens with one attached hydrogen (secondary N) is 1. The van der Waals surface area contributed by atoms with E-state index in [1.165, 1.54) is 10.4 Å². The summed E-state index contributed by atoms with van der Waals surface area (Å²) in [5.74, 6) is -0.381. The molecule has 1 amide bonds. The normalized spacial score (nSPS) is 15.9. The number of nitrogens with zero attached hydrogens (tertiary/aromatic N) is 1. The number of sulfonamides is 1.